The van der Waals surface area contributed by atoms with E-state index in [-0.39, 0.29) is 14.7 Å². The second-order valence-corrected chi connectivity index (χ2v) is 8.21. The third kappa shape index (κ3) is 2.80. The van der Waals surface area contributed by atoms with Crippen LogP contribution in [0.3, 0.4) is 0 Å². The van der Waals surface area contributed by atoms with Crippen LogP contribution in [0.25, 0.3) is 0 Å². The average Bonchev–Trinajstić information content (AvgIpc) is 2.78. The molecule has 24 heavy (non-hydrogen) atoms. The predicted molar refractivity (Wildman–Crippen MR) is 78.1 cm³/mol. The number of sulfonamides is 1. The lowest BCUT2D eigenvalue weighted by molar-refractivity contribution is -0.385. The van der Waals surface area contributed by atoms with Gasteiger partial charge in [-0.25, -0.2) is 0 Å². The maximum absolute atomic E-state index is 12.6. The van der Waals surface area contributed by atoms with E-state index in [0.29, 0.717) is 0 Å². The van der Waals surface area contributed by atoms with Crippen LogP contribution in [0.1, 0.15) is 5.56 Å². The summed E-state index contributed by atoms with van der Waals surface area (Å²) >= 11 is 0. The van der Waals surface area contributed by atoms with Crippen molar-refractivity contribution >= 4 is 26.4 Å². The molecular weight excluding hydrogens is 369 g/mol. The molecule has 0 bridgehead atoms. The minimum absolute atomic E-state index is 0.223. The molecule has 0 spiro atoms. The quantitative estimate of drug-likeness (QED) is 0.592. The SMILES string of the molecule is O=[N+]([O-])c1ccc2c(c1)S(=O)(=O)N=S2c1ccc(C(F)(F)F)cc1. The molecule has 0 fully saturated rings. The van der Waals surface area contributed by atoms with Gasteiger partial charge in [-0.2, -0.15) is 21.6 Å². The van der Waals surface area contributed by atoms with Crippen LogP contribution in [0.2, 0.25) is 0 Å². The Balaban J connectivity index is 2.11. The Morgan fingerprint density at radius 2 is 1.71 bits per heavy atom. The number of nitro benzene ring substituents is 1. The molecule has 0 radical (unpaired) electrons. The van der Waals surface area contributed by atoms with Gasteiger partial charge in [0, 0.05) is 21.9 Å². The molecule has 0 aliphatic carbocycles. The number of hydrogen-bond donors (Lipinski definition) is 0. The Labute approximate surface area is 136 Å². The number of fused-ring (bicyclic) bond motifs is 1. The first-order chi connectivity index (χ1) is 11.1. The minimum Gasteiger partial charge on any atom is -0.258 e. The summed E-state index contributed by atoms with van der Waals surface area (Å²) in [6, 6.07) is 7.30. The van der Waals surface area contributed by atoms with E-state index in [9.17, 15) is 31.7 Å². The Morgan fingerprint density at radius 3 is 2.25 bits per heavy atom. The fourth-order valence-corrected chi connectivity index (χ4v) is 6.10. The van der Waals surface area contributed by atoms with Crippen molar-refractivity contribution in [3.63, 3.8) is 0 Å². The predicted octanol–water partition coefficient (Wildman–Crippen LogP) is 3.54. The van der Waals surface area contributed by atoms with Crippen LogP contribution in [0.15, 0.2) is 60.9 Å². The molecule has 126 valence electrons. The van der Waals surface area contributed by atoms with Gasteiger partial charge in [-0.15, -0.1) is 3.77 Å². The van der Waals surface area contributed by atoms with Gasteiger partial charge in [-0.1, -0.05) is 0 Å². The van der Waals surface area contributed by atoms with E-state index >= 15 is 0 Å². The van der Waals surface area contributed by atoms with Gasteiger partial charge in [0.1, 0.15) is 4.90 Å². The highest BCUT2D eigenvalue weighted by Gasteiger charge is 2.33. The van der Waals surface area contributed by atoms with E-state index in [1.165, 1.54) is 6.07 Å². The van der Waals surface area contributed by atoms with E-state index in [1.54, 1.807) is 0 Å². The third-order valence-electron chi connectivity index (χ3n) is 3.20. The molecule has 1 unspecified atom stereocenters. The summed E-state index contributed by atoms with van der Waals surface area (Å²) in [4.78, 5) is 10.2. The van der Waals surface area contributed by atoms with Gasteiger partial charge < -0.3 is 0 Å². The van der Waals surface area contributed by atoms with Crippen LogP contribution < -0.4 is 0 Å². The first kappa shape index (κ1) is 16.6. The summed E-state index contributed by atoms with van der Waals surface area (Å²) in [6.07, 6.45) is -4.50. The number of hydrogen-bond acceptors (Lipinski definition) is 4. The van der Waals surface area contributed by atoms with E-state index in [0.717, 1.165) is 36.4 Å². The molecule has 1 heterocycles. The van der Waals surface area contributed by atoms with E-state index in [1.807, 2.05) is 0 Å². The first-order valence-electron chi connectivity index (χ1n) is 6.28. The van der Waals surface area contributed by atoms with Crippen molar-refractivity contribution in [1.29, 1.82) is 0 Å². The number of nitro groups is 1. The standard InChI is InChI=1S/C13H7F3N2O4S2/c14-13(15,16)8-1-4-10(5-2-8)23-11-6-3-9(18(19)20)7-12(11)24(21,22)17-23/h1-7H. The van der Waals surface area contributed by atoms with Crippen molar-refractivity contribution in [3.05, 3.63) is 58.1 Å². The normalized spacial score (nSPS) is 18.7. The molecule has 0 saturated heterocycles. The molecular formula is C13H7F3N2O4S2. The van der Waals surface area contributed by atoms with Gasteiger partial charge in [0.2, 0.25) is 0 Å². The molecule has 1 aliphatic heterocycles. The summed E-state index contributed by atoms with van der Waals surface area (Å²) in [7, 11) is -5.43. The molecule has 6 nitrogen and oxygen atoms in total. The van der Waals surface area contributed by atoms with E-state index in [4.69, 9.17) is 0 Å². The van der Waals surface area contributed by atoms with Gasteiger partial charge in [-0.3, -0.25) is 10.1 Å². The molecule has 1 aliphatic rings. The second kappa shape index (κ2) is 5.38. The van der Waals surface area contributed by atoms with Crippen molar-refractivity contribution in [3.8, 4) is 0 Å². The number of benzene rings is 2. The molecule has 2 aromatic carbocycles. The summed E-state index contributed by atoms with van der Waals surface area (Å²) in [5.41, 5.74) is -1.26. The summed E-state index contributed by atoms with van der Waals surface area (Å²) < 4.78 is 65.6. The monoisotopic (exact) mass is 376 g/mol. The average molecular weight is 376 g/mol. The third-order valence-corrected chi connectivity index (χ3v) is 7.10. The Kier molecular flexibility index (Phi) is 3.72. The topological polar surface area (TPSA) is 89.6 Å². The fraction of sp³-hybridized carbons (Fsp3) is 0.0769. The van der Waals surface area contributed by atoms with Gasteiger partial charge in [0.05, 0.1) is 10.5 Å². The number of rotatable bonds is 2. The van der Waals surface area contributed by atoms with Crippen molar-refractivity contribution in [2.45, 2.75) is 20.9 Å². The number of nitrogens with zero attached hydrogens (tertiary/aromatic N) is 2. The number of non-ortho nitro benzene ring substituents is 1. The van der Waals surface area contributed by atoms with Crippen molar-refractivity contribution in [2.75, 3.05) is 0 Å². The Hall–Kier alpha value is -2.27. The smallest absolute Gasteiger partial charge is 0.258 e. The van der Waals surface area contributed by atoms with E-state index in [2.05, 4.69) is 3.77 Å². The number of halogens is 3. The minimum atomic E-state index is -4.50. The van der Waals surface area contributed by atoms with Crippen LogP contribution in [0.5, 0.6) is 0 Å². The lowest BCUT2D eigenvalue weighted by Crippen LogP contribution is -2.04. The van der Waals surface area contributed by atoms with Crippen molar-refractivity contribution < 1.29 is 26.5 Å². The highest BCUT2D eigenvalue weighted by molar-refractivity contribution is 8.02. The molecule has 1 atom stereocenters. The zero-order chi connectivity index (χ0) is 17.7. The van der Waals surface area contributed by atoms with Gasteiger partial charge in [-0.05, 0) is 41.0 Å². The Bertz CT molecular complexity index is 983. The Morgan fingerprint density at radius 1 is 1.08 bits per heavy atom. The largest absolute Gasteiger partial charge is 0.416 e. The molecule has 0 saturated carbocycles. The molecule has 3 rings (SSSR count). The van der Waals surface area contributed by atoms with Crippen LogP contribution in [0, 0.1) is 10.1 Å². The van der Waals surface area contributed by atoms with Gasteiger partial charge >= 0.3 is 6.18 Å². The zero-order valence-electron chi connectivity index (χ0n) is 11.5. The molecule has 2 aromatic rings. The fourth-order valence-electron chi connectivity index (χ4n) is 2.09. The maximum Gasteiger partial charge on any atom is 0.416 e. The zero-order valence-corrected chi connectivity index (χ0v) is 13.2. The number of alkyl halides is 3. The lowest BCUT2D eigenvalue weighted by Gasteiger charge is -2.08. The summed E-state index contributed by atoms with van der Waals surface area (Å²) in [6.45, 7) is 0. The van der Waals surface area contributed by atoms with Crippen molar-refractivity contribution in [2.24, 2.45) is 3.77 Å². The highest BCUT2D eigenvalue weighted by Crippen LogP contribution is 2.37. The lowest BCUT2D eigenvalue weighted by atomic mass is 10.2. The maximum atomic E-state index is 12.6. The van der Waals surface area contributed by atoms with E-state index < -0.39 is 43.1 Å². The van der Waals surface area contributed by atoms with Crippen molar-refractivity contribution in [1.82, 2.24) is 0 Å². The molecule has 0 aromatic heterocycles. The first-order valence-corrected chi connectivity index (χ1v) is 8.90. The molecule has 11 heteroatoms. The van der Waals surface area contributed by atoms with Crippen LogP contribution in [-0.2, 0) is 26.9 Å². The van der Waals surface area contributed by atoms with Gasteiger partial charge in [0.25, 0.3) is 15.7 Å². The second-order valence-electron chi connectivity index (χ2n) is 4.74. The summed E-state index contributed by atoms with van der Waals surface area (Å²) in [5, 5.41) is 10.8. The van der Waals surface area contributed by atoms with Crippen LogP contribution in [0.4, 0.5) is 18.9 Å². The highest BCUT2D eigenvalue weighted by atomic mass is 32.3. The molecule has 0 N–H and O–H groups in total. The van der Waals surface area contributed by atoms with Crippen LogP contribution in [-0.4, -0.2) is 13.3 Å². The molecule has 0 amide bonds. The van der Waals surface area contributed by atoms with Gasteiger partial charge in [0.15, 0.2) is 0 Å². The van der Waals surface area contributed by atoms with Crippen LogP contribution >= 0.6 is 0 Å². The summed E-state index contributed by atoms with van der Waals surface area (Å²) in [5.74, 6) is 0.